The number of rotatable bonds is 3. The van der Waals surface area contributed by atoms with E-state index in [9.17, 15) is 32.3 Å². The number of nitrogens with zero attached hydrogens (tertiary/aromatic N) is 1. The molecule has 1 saturated heterocycles. The number of allylic oxidation sites excluding steroid dienone is 4. The Balaban J connectivity index is 1.45. The normalized spacial score (nSPS) is 44.3. The molecule has 1 aromatic rings. The molecule has 0 spiro atoms. The molecule has 0 unspecified atom stereocenters. The molecule has 1 N–H and O–H groups in total. The molecule has 1 aliphatic heterocycles. The predicted octanol–water partition coefficient (Wildman–Crippen LogP) is 6.32. The van der Waals surface area contributed by atoms with Crippen LogP contribution in [-0.4, -0.2) is 52.1 Å². The number of benzene rings is 1. The quantitative estimate of drug-likeness (QED) is 0.402. The average molecular weight is 616 g/mol. The van der Waals surface area contributed by atoms with Crippen molar-refractivity contribution in [3.05, 3.63) is 53.6 Å². The Labute approximate surface area is 243 Å². The van der Waals surface area contributed by atoms with Gasteiger partial charge < -0.3 is 5.11 Å². The van der Waals surface area contributed by atoms with Gasteiger partial charge in [-0.25, -0.2) is 13.2 Å². The SMILES string of the molecule is C[C@]12C[C@H](O)[C@@]3(F)[C@@H](C[C@H](F)C4=CC(=O)C=C[C@@]43C)[C@]1(C)C[C@H]1CN(c3ccc(C(F)(F)F)cc3)O[C@]12C(=O)SCF. The van der Waals surface area contributed by atoms with Crippen LogP contribution >= 0.6 is 11.8 Å². The molecule has 12 heteroatoms. The first kappa shape index (κ1) is 29.7. The standard InChI is InChI=1S/C30H31F6NO4S/c1-25-9-8-19(38)10-20(25)21(32)11-22-26(2)12-17-14-37(18-6-4-16(5-7-18)30(34,35)36)41-29(17,24(40)42-15-31)27(26,3)13-23(39)28(22,25)33/h4-10,17,21-23,39H,11-15H2,1-3H3/t17-,21-,22-,23-,25-,26-,27-,28-,29-/m0/s1. The van der Waals surface area contributed by atoms with Crippen LogP contribution in [0.1, 0.15) is 45.6 Å². The molecular weight excluding hydrogens is 584 g/mol. The number of anilines is 1. The van der Waals surface area contributed by atoms with Crippen LogP contribution in [0.25, 0.3) is 0 Å². The van der Waals surface area contributed by atoms with Gasteiger partial charge in [0.15, 0.2) is 17.1 Å². The van der Waals surface area contributed by atoms with E-state index in [1.807, 2.05) is 0 Å². The highest BCUT2D eigenvalue weighted by atomic mass is 32.2. The van der Waals surface area contributed by atoms with E-state index in [0.717, 1.165) is 18.2 Å². The van der Waals surface area contributed by atoms with Gasteiger partial charge in [-0.15, -0.1) is 0 Å². The Hall–Kier alpha value is -2.31. The third-order valence-corrected chi connectivity index (χ3v) is 12.0. The number of aliphatic hydroxyl groups is 1. The number of hydroxylamine groups is 1. The van der Waals surface area contributed by atoms with Crippen LogP contribution in [0.3, 0.4) is 0 Å². The number of aliphatic hydroxyl groups excluding tert-OH is 1. The summed E-state index contributed by atoms with van der Waals surface area (Å²) in [6, 6.07) is 3.15. The van der Waals surface area contributed by atoms with E-state index in [2.05, 4.69) is 0 Å². The van der Waals surface area contributed by atoms with Crippen molar-refractivity contribution < 1.29 is 45.9 Å². The van der Waals surface area contributed by atoms with Gasteiger partial charge in [0.2, 0.25) is 5.12 Å². The van der Waals surface area contributed by atoms with Crippen molar-refractivity contribution in [1.82, 2.24) is 0 Å². The maximum Gasteiger partial charge on any atom is 0.416 e. The molecule has 4 fully saturated rings. The zero-order chi connectivity index (χ0) is 30.7. The molecule has 5 aliphatic rings. The summed E-state index contributed by atoms with van der Waals surface area (Å²) in [4.78, 5) is 32.4. The molecular formula is C30H31F6NO4S. The number of thioether (sulfide) groups is 1. The molecule has 3 saturated carbocycles. The number of ketones is 1. The van der Waals surface area contributed by atoms with Crippen LogP contribution in [0.5, 0.6) is 0 Å². The largest absolute Gasteiger partial charge is 0.416 e. The minimum Gasteiger partial charge on any atom is -0.390 e. The third kappa shape index (κ3) is 3.48. The minimum atomic E-state index is -4.55. The number of carbonyl (C=O) groups is 2. The van der Waals surface area contributed by atoms with Crippen LogP contribution in [0.15, 0.2) is 48.1 Å². The Morgan fingerprint density at radius 1 is 1.17 bits per heavy atom. The molecule has 4 aliphatic carbocycles. The smallest absolute Gasteiger partial charge is 0.390 e. The molecule has 228 valence electrons. The lowest BCUT2D eigenvalue weighted by Crippen LogP contribution is -2.73. The molecule has 5 nitrogen and oxygen atoms in total. The molecule has 0 amide bonds. The summed E-state index contributed by atoms with van der Waals surface area (Å²) in [6.45, 7) is 4.96. The zero-order valence-electron chi connectivity index (χ0n) is 23.2. The molecule has 9 atom stereocenters. The average Bonchev–Trinajstić information content (AvgIpc) is 3.38. The Morgan fingerprint density at radius 3 is 2.45 bits per heavy atom. The molecule has 42 heavy (non-hydrogen) atoms. The lowest BCUT2D eigenvalue weighted by atomic mass is 9.40. The number of carbonyl (C=O) groups excluding carboxylic acids is 2. The van der Waals surface area contributed by atoms with Gasteiger partial charge in [-0.05, 0) is 73.6 Å². The number of alkyl halides is 6. The van der Waals surface area contributed by atoms with E-state index >= 15 is 8.78 Å². The number of halogens is 6. The lowest BCUT2D eigenvalue weighted by molar-refractivity contribution is -0.254. The number of hydrogen-bond acceptors (Lipinski definition) is 6. The fourth-order valence-electron chi connectivity index (χ4n) is 9.17. The second-order valence-electron chi connectivity index (χ2n) is 12.9. The van der Waals surface area contributed by atoms with Crippen LogP contribution in [0, 0.1) is 28.1 Å². The summed E-state index contributed by atoms with van der Waals surface area (Å²) >= 11 is 0.386. The summed E-state index contributed by atoms with van der Waals surface area (Å²) in [5, 5.41) is 12.3. The van der Waals surface area contributed by atoms with Gasteiger partial charge in [0, 0.05) is 22.7 Å². The topological polar surface area (TPSA) is 66.8 Å². The van der Waals surface area contributed by atoms with Gasteiger partial charge in [-0.3, -0.25) is 19.5 Å². The first-order chi connectivity index (χ1) is 19.5. The van der Waals surface area contributed by atoms with Gasteiger partial charge in [0.25, 0.3) is 0 Å². The van der Waals surface area contributed by atoms with Crippen LogP contribution < -0.4 is 5.06 Å². The first-order valence-corrected chi connectivity index (χ1v) is 14.8. The van der Waals surface area contributed by atoms with E-state index in [4.69, 9.17) is 4.84 Å². The zero-order valence-corrected chi connectivity index (χ0v) is 24.0. The lowest BCUT2D eigenvalue weighted by Gasteiger charge is -2.67. The van der Waals surface area contributed by atoms with Crippen molar-refractivity contribution in [2.45, 2.75) is 69.8 Å². The van der Waals surface area contributed by atoms with E-state index in [0.29, 0.717) is 11.8 Å². The molecule has 1 heterocycles. The summed E-state index contributed by atoms with van der Waals surface area (Å²) in [7, 11) is 0. The van der Waals surface area contributed by atoms with Crippen molar-refractivity contribution in [2.24, 2.45) is 28.1 Å². The molecule has 0 bridgehead atoms. The second-order valence-corrected chi connectivity index (χ2v) is 13.8. The summed E-state index contributed by atoms with van der Waals surface area (Å²) in [6.07, 6.45) is -4.79. The van der Waals surface area contributed by atoms with E-state index in [-0.39, 0.29) is 37.1 Å². The van der Waals surface area contributed by atoms with Crippen LogP contribution in [0.4, 0.5) is 32.0 Å². The van der Waals surface area contributed by atoms with Crippen molar-refractivity contribution in [1.29, 1.82) is 0 Å². The highest BCUT2D eigenvalue weighted by Gasteiger charge is 2.83. The van der Waals surface area contributed by atoms with E-state index in [1.165, 1.54) is 36.3 Å². The van der Waals surface area contributed by atoms with E-state index < -0.39 is 80.3 Å². The van der Waals surface area contributed by atoms with Gasteiger partial charge >= 0.3 is 6.18 Å². The highest BCUT2D eigenvalue weighted by Crippen LogP contribution is 2.78. The second kappa shape index (κ2) is 9.11. The summed E-state index contributed by atoms with van der Waals surface area (Å²) < 4.78 is 86.7. The summed E-state index contributed by atoms with van der Waals surface area (Å²) in [5.74, 6) is -2.24. The van der Waals surface area contributed by atoms with Crippen molar-refractivity contribution in [3.63, 3.8) is 0 Å². The highest BCUT2D eigenvalue weighted by molar-refractivity contribution is 8.13. The third-order valence-electron chi connectivity index (χ3n) is 11.4. The van der Waals surface area contributed by atoms with Crippen molar-refractivity contribution in [2.75, 3.05) is 17.6 Å². The Kier molecular flexibility index (Phi) is 6.45. The predicted molar refractivity (Wildman–Crippen MR) is 143 cm³/mol. The number of hydrogen-bond donors (Lipinski definition) is 1. The van der Waals surface area contributed by atoms with Gasteiger partial charge in [0.05, 0.1) is 23.9 Å². The Morgan fingerprint density at radius 2 is 1.83 bits per heavy atom. The van der Waals surface area contributed by atoms with Gasteiger partial charge in [-0.1, -0.05) is 31.7 Å². The monoisotopic (exact) mass is 615 g/mol. The fourth-order valence-corrected chi connectivity index (χ4v) is 9.92. The first-order valence-electron chi connectivity index (χ1n) is 13.8. The molecule has 0 radical (unpaired) electrons. The van der Waals surface area contributed by atoms with Crippen molar-refractivity contribution in [3.8, 4) is 0 Å². The maximum atomic E-state index is 17.7. The minimum absolute atomic E-state index is 0.0262. The fraction of sp³-hybridized carbons (Fsp3) is 0.600. The Bertz CT molecular complexity index is 1400. The number of fused-ring (bicyclic) bond motifs is 7. The maximum absolute atomic E-state index is 17.7. The van der Waals surface area contributed by atoms with Crippen LogP contribution in [0.2, 0.25) is 0 Å². The van der Waals surface area contributed by atoms with E-state index in [1.54, 1.807) is 13.8 Å². The van der Waals surface area contributed by atoms with Gasteiger partial charge in [-0.2, -0.15) is 13.2 Å². The van der Waals surface area contributed by atoms with Crippen LogP contribution in [-0.2, 0) is 20.6 Å². The molecule has 1 aromatic carbocycles. The summed E-state index contributed by atoms with van der Waals surface area (Å²) in [5.41, 5.74) is -8.88. The van der Waals surface area contributed by atoms with Gasteiger partial charge in [0.1, 0.15) is 12.2 Å². The molecule has 6 rings (SSSR count). The molecule has 0 aromatic heterocycles. The van der Waals surface area contributed by atoms with Crippen molar-refractivity contribution >= 4 is 28.3 Å².